The number of alkyl halides is 3. The number of rotatable bonds is 2. The molecule has 3 aromatic heterocycles. The van der Waals surface area contributed by atoms with Gasteiger partial charge in [-0.25, -0.2) is 9.50 Å². The van der Waals surface area contributed by atoms with Crippen molar-refractivity contribution < 1.29 is 18.0 Å². The summed E-state index contributed by atoms with van der Waals surface area (Å²) in [5, 5.41) is 8.40. The lowest BCUT2D eigenvalue weighted by Gasteiger charge is -2.32. The van der Waals surface area contributed by atoms with Crippen LogP contribution in [0, 0.1) is 6.92 Å². The standard InChI is InChI=1S/C22H27F3N6O/c1-13-15(12-29(5)27-13)20(32)30-8-6-14(7-9-30)16-10-18(22(23,24)25)31-19(26-16)11-17(28-31)21(2,3)4/h10-12,14H,6-9H2,1-5H3. The number of hydrogen-bond donors (Lipinski definition) is 0. The van der Waals surface area contributed by atoms with E-state index < -0.39 is 17.3 Å². The summed E-state index contributed by atoms with van der Waals surface area (Å²) < 4.78 is 43.9. The van der Waals surface area contributed by atoms with E-state index in [1.807, 2.05) is 20.8 Å². The summed E-state index contributed by atoms with van der Waals surface area (Å²) in [7, 11) is 1.76. The lowest BCUT2D eigenvalue weighted by atomic mass is 9.92. The number of fused-ring (bicyclic) bond motifs is 1. The molecule has 32 heavy (non-hydrogen) atoms. The first-order valence-electron chi connectivity index (χ1n) is 10.6. The highest BCUT2D eigenvalue weighted by Gasteiger charge is 2.37. The van der Waals surface area contributed by atoms with E-state index in [1.165, 1.54) is 0 Å². The van der Waals surface area contributed by atoms with Crippen molar-refractivity contribution in [1.29, 1.82) is 0 Å². The Labute approximate surface area is 184 Å². The highest BCUT2D eigenvalue weighted by atomic mass is 19.4. The average Bonchev–Trinajstić information content (AvgIpc) is 3.28. The fourth-order valence-corrected chi connectivity index (χ4v) is 4.13. The molecule has 0 atom stereocenters. The smallest absolute Gasteiger partial charge is 0.338 e. The maximum Gasteiger partial charge on any atom is 0.433 e. The third-order valence-corrected chi connectivity index (χ3v) is 5.95. The summed E-state index contributed by atoms with van der Waals surface area (Å²) >= 11 is 0. The molecule has 172 valence electrons. The van der Waals surface area contributed by atoms with Crippen LogP contribution in [0.25, 0.3) is 5.65 Å². The first-order chi connectivity index (χ1) is 14.8. The van der Waals surface area contributed by atoms with Gasteiger partial charge < -0.3 is 4.90 Å². The van der Waals surface area contributed by atoms with E-state index >= 15 is 0 Å². The third kappa shape index (κ3) is 4.10. The van der Waals surface area contributed by atoms with Crippen molar-refractivity contribution in [3.63, 3.8) is 0 Å². The highest BCUT2D eigenvalue weighted by Crippen LogP contribution is 2.35. The molecule has 3 aromatic rings. The minimum Gasteiger partial charge on any atom is -0.338 e. The molecule has 0 N–H and O–H groups in total. The van der Waals surface area contributed by atoms with Crippen LogP contribution in [0.1, 0.15) is 72.7 Å². The number of aryl methyl sites for hydroxylation is 2. The largest absolute Gasteiger partial charge is 0.433 e. The van der Waals surface area contributed by atoms with E-state index in [1.54, 1.807) is 35.8 Å². The monoisotopic (exact) mass is 448 g/mol. The number of aromatic nitrogens is 5. The number of carbonyl (C=O) groups is 1. The molecule has 0 bridgehead atoms. The van der Waals surface area contributed by atoms with Crippen LogP contribution in [0.5, 0.6) is 0 Å². The van der Waals surface area contributed by atoms with Gasteiger partial charge in [0.05, 0.1) is 17.0 Å². The van der Waals surface area contributed by atoms with E-state index in [4.69, 9.17) is 0 Å². The van der Waals surface area contributed by atoms with Crippen LogP contribution in [0.3, 0.4) is 0 Å². The van der Waals surface area contributed by atoms with E-state index in [9.17, 15) is 18.0 Å². The summed E-state index contributed by atoms with van der Waals surface area (Å²) in [6, 6.07) is 2.74. The van der Waals surface area contributed by atoms with Gasteiger partial charge in [-0.05, 0) is 25.8 Å². The van der Waals surface area contributed by atoms with Crippen molar-refractivity contribution in [2.45, 2.75) is 58.0 Å². The minimum atomic E-state index is -4.55. The van der Waals surface area contributed by atoms with Crippen LogP contribution in [-0.2, 0) is 18.6 Å². The second kappa shape index (κ2) is 7.60. The molecule has 7 nitrogen and oxygen atoms in total. The number of amides is 1. The predicted molar refractivity (Wildman–Crippen MR) is 113 cm³/mol. The molecule has 0 saturated carbocycles. The Morgan fingerprint density at radius 1 is 1.09 bits per heavy atom. The molecule has 1 fully saturated rings. The van der Waals surface area contributed by atoms with Crippen molar-refractivity contribution in [2.24, 2.45) is 7.05 Å². The van der Waals surface area contributed by atoms with Gasteiger partial charge in [-0.3, -0.25) is 9.48 Å². The summed E-state index contributed by atoms with van der Waals surface area (Å²) in [6.45, 7) is 8.41. The molecule has 0 unspecified atom stereocenters. The molecule has 1 saturated heterocycles. The quantitative estimate of drug-likeness (QED) is 0.592. The van der Waals surface area contributed by atoms with Gasteiger partial charge in [-0.1, -0.05) is 20.8 Å². The van der Waals surface area contributed by atoms with Gasteiger partial charge in [0.15, 0.2) is 5.65 Å². The zero-order valence-corrected chi connectivity index (χ0v) is 18.9. The fraction of sp³-hybridized carbons (Fsp3) is 0.545. The summed E-state index contributed by atoms with van der Waals surface area (Å²) in [6.07, 6.45) is -1.76. The summed E-state index contributed by atoms with van der Waals surface area (Å²) in [5.41, 5.74) is 1.15. The van der Waals surface area contributed by atoms with Crippen molar-refractivity contribution in [2.75, 3.05) is 13.1 Å². The molecule has 1 aliphatic heterocycles. The lowest BCUT2D eigenvalue weighted by molar-refractivity contribution is -0.142. The zero-order valence-electron chi connectivity index (χ0n) is 18.9. The highest BCUT2D eigenvalue weighted by molar-refractivity contribution is 5.95. The molecular formula is C22H27F3N6O. The van der Waals surface area contributed by atoms with E-state index in [2.05, 4.69) is 15.2 Å². The number of halogens is 3. The van der Waals surface area contributed by atoms with Crippen molar-refractivity contribution in [3.05, 3.63) is 46.7 Å². The maximum atomic E-state index is 13.8. The van der Waals surface area contributed by atoms with Gasteiger partial charge in [0.2, 0.25) is 0 Å². The molecule has 4 heterocycles. The molecule has 0 aliphatic carbocycles. The van der Waals surface area contributed by atoms with Crippen LogP contribution in [0.2, 0.25) is 0 Å². The first-order valence-corrected chi connectivity index (χ1v) is 10.6. The van der Waals surface area contributed by atoms with Crippen molar-refractivity contribution in [3.8, 4) is 0 Å². The predicted octanol–water partition coefficient (Wildman–Crippen LogP) is 4.11. The SMILES string of the molecule is Cc1nn(C)cc1C(=O)N1CCC(c2cc(C(F)(F)F)n3nc(C(C)(C)C)cc3n2)CC1. The zero-order chi connectivity index (χ0) is 23.4. The lowest BCUT2D eigenvalue weighted by Crippen LogP contribution is -2.38. The van der Waals surface area contributed by atoms with Crippen LogP contribution in [-0.4, -0.2) is 48.3 Å². The number of likely N-dealkylation sites (tertiary alicyclic amines) is 1. The third-order valence-electron chi connectivity index (χ3n) is 5.95. The molecule has 0 spiro atoms. The topological polar surface area (TPSA) is 68.3 Å². The van der Waals surface area contributed by atoms with E-state index in [0.717, 1.165) is 10.6 Å². The van der Waals surface area contributed by atoms with Gasteiger partial charge in [-0.2, -0.15) is 23.4 Å². The molecule has 1 aliphatic rings. The molecular weight excluding hydrogens is 421 g/mol. The van der Waals surface area contributed by atoms with Crippen LogP contribution < -0.4 is 0 Å². The normalized spacial score (nSPS) is 16.2. The van der Waals surface area contributed by atoms with E-state index in [0.29, 0.717) is 48.6 Å². The van der Waals surface area contributed by atoms with Crippen molar-refractivity contribution >= 4 is 11.6 Å². The molecule has 1 amide bonds. The second-order valence-electron chi connectivity index (χ2n) is 9.48. The Kier molecular flexibility index (Phi) is 5.29. The second-order valence-corrected chi connectivity index (χ2v) is 9.48. The number of carbonyl (C=O) groups excluding carboxylic acids is 1. The Balaban J connectivity index is 1.60. The van der Waals surface area contributed by atoms with Gasteiger partial charge in [0.1, 0.15) is 5.69 Å². The van der Waals surface area contributed by atoms with Gasteiger partial charge in [0, 0.05) is 49.4 Å². The molecule has 10 heteroatoms. The van der Waals surface area contributed by atoms with Crippen molar-refractivity contribution in [1.82, 2.24) is 29.3 Å². The number of piperidine rings is 1. The van der Waals surface area contributed by atoms with Crippen LogP contribution >= 0.6 is 0 Å². The fourth-order valence-electron chi connectivity index (χ4n) is 4.13. The maximum absolute atomic E-state index is 13.8. The first kappa shape index (κ1) is 22.3. The Morgan fingerprint density at radius 3 is 2.28 bits per heavy atom. The minimum absolute atomic E-state index is 0.0981. The van der Waals surface area contributed by atoms with E-state index in [-0.39, 0.29) is 17.5 Å². The van der Waals surface area contributed by atoms with Gasteiger partial charge in [0.25, 0.3) is 5.91 Å². The summed E-state index contributed by atoms with van der Waals surface area (Å²) in [5.74, 6) is -0.257. The van der Waals surface area contributed by atoms with Gasteiger partial charge in [-0.15, -0.1) is 0 Å². The Morgan fingerprint density at radius 2 is 1.75 bits per heavy atom. The molecule has 4 rings (SSSR count). The molecule has 0 aromatic carbocycles. The average molecular weight is 448 g/mol. The van der Waals surface area contributed by atoms with Gasteiger partial charge >= 0.3 is 6.18 Å². The van der Waals surface area contributed by atoms with Crippen LogP contribution in [0.15, 0.2) is 18.3 Å². The number of hydrogen-bond acceptors (Lipinski definition) is 4. The number of nitrogens with zero attached hydrogens (tertiary/aromatic N) is 6. The van der Waals surface area contributed by atoms with Crippen LogP contribution in [0.4, 0.5) is 13.2 Å². The Hall–Kier alpha value is -2.91. The Bertz CT molecular complexity index is 1160. The summed E-state index contributed by atoms with van der Waals surface area (Å²) in [4.78, 5) is 19.1. The molecule has 0 radical (unpaired) electrons.